The molecule has 1 aliphatic rings. The highest BCUT2D eigenvalue weighted by atomic mass is 79.9. The summed E-state index contributed by atoms with van der Waals surface area (Å²) in [5, 5.41) is 12.2. The van der Waals surface area contributed by atoms with Crippen LogP contribution in [0.15, 0.2) is 35.0 Å². The molecular formula is C13H10BrClN2O3. The number of rotatable bonds is 3. The van der Waals surface area contributed by atoms with Crippen molar-refractivity contribution in [3.63, 3.8) is 0 Å². The number of imide groups is 1. The molecule has 0 aliphatic carbocycles. The number of amides is 3. The van der Waals surface area contributed by atoms with E-state index >= 15 is 0 Å². The summed E-state index contributed by atoms with van der Waals surface area (Å²) < 4.78 is 0.400. The highest BCUT2D eigenvalue weighted by molar-refractivity contribution is 9.10. The third-order valence-corrected chi connectivity index (χ3v) is 3.52. The fourth-order valence-electron chi connectivity index (χ4n) is 1.70. The second kappa shape index (κ2) is 5.68. The summed E-state index contributed by atoms with van der Waals surface area (Å²) in [5.41, 5.74) is 0.717. The molecule has 1 fully saturated rings. The minimum Gasteiger partial charge on any atom is -0.505 e. The highest BCUT2D eigenvalue weighted by Crippen LogP contribution is 2.33. The van der Waals surface area contributed by atoms with Gasteiger partial charge in [0.05, 0.1) is 9.50 Å². The zero-order chi connectivity index (χ0) is 14.9. The van der Waals surface area contributed by atoms with Gasteiger partial charge < -0.3 is 10.4 Å². The molecule has 1 aromatic carbocycles. The summed E-state index contributed by atoms with van der Waals surface area (Å²) in [6.45, 7) is 3.63. The fraction of sp³-hybridized carbons (Fsp3) is 0.0769. The maximum Gasteiger partial charge on any atom is 0.329 e. The van der Waals surface area contributed by atoms with E-state index in [0.717, 1.165) is 4.90 Å². The Bertz CT molecular complexity index is 619. The first kappa shape index (κ1) is 14.6. The number of benzene rings is 1. The number of aromatic hydroxyl groups is 1. The molecular weight excluding hydrogens is 348 g/mol. The Morgan fingerprint density at radius 2 is 2.15 bits per heavy atom. The number of carbonyl (C=O) groups is 2. The van der Waals surface area contributed by atoms with E-state index in [1.807, 2.05) is 0 Å². The predicted octanol–water partition coefficient (Wildman–Crippen LogP) is 2.89. The van der Waals surface area contributed by atoms with E-state index in [4.69, 9.17) is 11.6 Å². The lowest BCUT2D eigenvalue weighted by Crippen LogP contribution is -2.30. The molecule has 7 heteroatoms. The van der Waals surface area contributed by atoms with Crippen LogP contribution in [-0.2, 0) is 4.79 Å². The predicted molar refractivity (Wildman–Crippen MR) is 79.2 cm³/mol. The number of nitrogens with zero attached hydrogens (tertiary/aromatic N) is 1. The molecule has 104 valence electrons. The van der Waals surface area contributed by atoms with E-state index < -0.39 is 11.9 Å². The van der Waals surface area contributed by atoms with Crippen LogP contribution in [-0.4, -0.2) is 28.5 Å². The largest absolute Gasteiger partial charge is 0.505 e. The molecule has 1 heterocycles. The van der Waals surface area contributed by atoms with E-state index in [1.165, 1.54) is 18.2 Å². The summed E-state index contributed by atoms with van der Waals surface area (Å²) in [6, 6.07) is 2.58. The zero-order valence-corrected chi connectivity index (χ0v) is 12.5. The van der Waals surface area contributed by atoms with Crippen molar-refractivity contribution in [2.75, 3.05) is 6.54 Å². The summed E-state index contributed by atoms with van der Waals surface area (Å²) >= 11 is 8.99. The standard InChI is InChI=1S/C13H10BrClN2O3/c1-2-3-17-12(19)10(16-13(17)20)6-7-4-8(14)11(18)9(15)5-7/h2,4-6,18H,1,3H2,(H,16,20). The average Bonchev–Trinajstić information content (AvgIpc) is 2.64. The Labute approximate surface area is 128 Å². The van der Waals surface area contributed by atoms with Gasteiger partial charge in [0.1, 0.15) is 11.4 Å². The first-order valence-corrected chi connectivity index (χ1v) is 6.74. The first-order valence-electron chi connectivity index (χ1n) is 5.57. The molecule has 0 unspecified atom stereocenters. The number of phenolic OH excluding ortho intramolecular Hbond substituents is 1. The number of nitrogens with one attached hydrogen (secondary N) is 1. The highest BCUT2D eigenvalue weighted by Gasteiger charge is 2.32. The van der Waals surface area contributed by atoms with Crippen LogP contribution in [0.2, 0.25) is 5.02 Å². The maximum atomic E-state index is 12.0. The molecule has 1 aromatic rings. The van der Waals surface area contributed by atoms with Crippen molar-refractivity contribution in [3.05, 3.63) is 45.5 Å². The number of hydrogen-bond acceptors (Lipinski definition) is 3. The number of phenols is 1. The third kappa shape index (κ3) is 2.71. The van der Waals surface area contributed by atoms with E-state index in [0.29, 0.717) is 10.0 Å². The van der Waals surface area contributed by atoms with Gasteiger partial charge in [0, 0.05) is 6.54 Å². The van der Waals surface area contributed by atoms with Crippen molar-refractivity contribution < 1.29 is 14.7 Å². The van der Waals surface area contributed by atoms with Crippen LogP contribution in [0.5, 0.6) is 5.75 Å². The van der Waals surface area contributed by atoms with Crippen molar-refractivity contribution in [2.24, 2.45) is 0 Å². The Hall–Kier alpha value is -1.79. The SMILES string of the molecule is C=CCN1C(=O)NC(=Cc2cc(Cl)c(O)c(Br)c2)C1=O. The van der Waals surface area contributed by atoms with Crippen LogP contribution in [0.25, 0.3) is 6.08 Å². The van der Waals surface area contributed by atoms with Gasteiger partial charge >= 0.3 is 6.03 Å². The number of hydrogen-bond donors (Lipinski definition) is 2. The lowest BCUT2D eigenvalue weighted by Gasteiger charge is -2.07. The van der Waals surface area contributed by atoms with Crippen molar-refractivity contribution in [3.8, 4) is 5.75 Å². The van der Waals surface area contributed by atoms with Crippen molar-refractivity contribution in [1.29, 1.82) is 0 Å². The van der Waals surface area contributed by atoms with Gasteiger partial charge in [-0.05, 0) is 39.7 Å². The molecule has 1 saturated heterocycles. The van der Waals surface area contributed by atoms with Gasteiger partial charge in [0.15, 0.2) is 0 Å². The molecule has 2 N–H and O–H groups in total. The van der Waals surface area contributed by atoms with Crippen LogP contribution in [0, 0.1) is 0 Å². The lowest BCUT2D eigenvalue weighted by atomic mass is 10.2. The van der Waals surface area contributed by atoms with E-state index in [9.17, 15) is 14.7 Å². The fourth-order valence-corrected chi connectivity index (χ4v) is 2.52. The van der Waals surface area contributed by atoms with Crippen molar-refractivity contribution in [2.45, 2.75) is 0 Å². The summed E-state index contributed by atoms with van der Waals surface area (Å²) in [7, 11) is 0. The maximum absolute atomic E-state index is 12.0. The Morgan fingerprint density at radius 1 is 1.45 bits per heavy atom. The first-order chi connectivity index (χ1) is 9.43. The van der Waals surface area contributed by atoms with Crippen LogP contribution in [0.1, 0.15) is 5.56 Å². The second-order valence-electron chi connectivity index (χ2n) is 4.03. The molecule has 1 aliphatic heterocycles. The normalized spacial score (nSPS) is 16.7. The van der Waals surface area contributed by atoms with Crippen LogP contribution in [0.4, 0.5) is 4.79 Å². The minimum atomic E-state index is -0.495. The molecule has 5 nitrogen and oxygen atoms in total. The smallest absolute Gasteiger partial charge is 0.329 e. The van der Waals surface area contributed by atoms with Gasteiger partial charge in [-0.1, -0.05) is 17.7 Å². The minimum absolute atomic E-state index is 0.0797. The Balaban J connectivity index is 2.35. The number of urea groups is 1. The zero-order valence-electron chi connectivity index (χ0n) is 10.2. The van der Waals surface area contributed by atoms with Gasteiger partial charge in [0.2, 0.25) is 0 Å². The van der Waals surface area contributed by atoms with Crippen LogP contribution < -0.4 is 5.32 Å². The van der Waals surface area contributed by atoms with E-state index in [-0.39, 0.29) is 23.0 Å². The molecule has 0 aromatic heterocycles. The summed E-state index contributed by atoms with van der Waals surface area (Å²) in [5.74, 6) is -0.515. The number of halogens is 2. The van der Waals surface area contributed by atoms with Crippen molar-refractivity contribution >= 4 is 45.5 Å². The van der Waals surface area contributed by atoms with Crippen LogP contribution >= 0.6 is 27.5 Å². The van der Waals surface area contributed by atoms with Gasteiger partial charge in [-0.15, -0.1) is 6.58 Å². The van der Waals surface area contributed by atoms with Gasteiger partial charge in [0.25, 0.3) is 5.91 Å². The second-order valence-corrected chi connectivity index (χ2v) is 5.29. The number of carbonyl (C=O) groups excluding carboxylic acids is 2. The van der Waals surface area contributed by atoms with Gasteiger partial charge in [-0.25, -0.2) is 4.79 Å². The van der Waals surface area contributed by atoms with Crippen LogP contribution in [0.3, 0.4) is 0 Å². The molecule has 0 spiro atoms. The topological polar surface area (TPSA) is 69.6 Å². The Kier molecular flexibility index (Phi) is 4.15. The van der Waals surface area contributed by atoms with E-state index in [2.05, 4.69) is 27.8 Å². The molecule has 0 bridgehead atoms. The lowest BCUT2D eigenvalue weighted by molar-refractivity contribution is -0.122. The van der Waals surface area contributed by atoms with Crippen molar-refractivity contribution in [1.82, 2.24) is 10.2 Å². The molecule has 0 saturated carbocycles. The molecule has 3 amide bonds. The van der Waals surface area contributed by atoms with Gasteiger partial charge in [-0.3, -0.25) is 9.69 Å². The monoisotopic (exact) mass is 356 g/mol. The molecule has 2 rings (SSSR count). The average molecular weight is 358 g/mol. The summed E-state index contributed by atoms with van der Waals surface area (Å²) in [4.78, 5) is 24.6. The summed E-state index contributed by atoms with van der Waals surface area (Å²) in [6.07, 6.45) is 2.95. The third-order valence-electron chi connectivity index (χ3n) is 2.62. The van der Waals surface area contributed by atoms with Gasteiger partial charge in [-0.2, -0.15) is 0 Å². The molecule has 20 heavy (non-hydrogen) atoms. The quantitative estimate of drug-likeness (QED) is 0.496. The molecule has 0 atom stereocenters. The molecule has 0 radical (unpaired) electrons. The van der Waals surface area contributed by atoms with E-state index in [1.54, 1.807) is 6.07 Å². The Morgan fingerprint density at radius 3 is 2.75 bits per heavy atom.